The lowest BCUT2D eigenvalue weighted by molar-refractivity contribution is 0.00558. The molecule has 1 saturated heterocycles. The summed E-state index contributed by atoms with van der Waals surface area (Å²) in [4.78, 5) is 4.62. The van der Waals surface area contributed by atoms with Gasteiger partial charge in [-0.3, -0.25) is 4.98 Å². The van der Waals surface area contributed by atoms with Crippen molar-refractivity contribution in [3.05, 3.63) is 23.0 Å². The van der Waals surface area contributed by atoms with E-state index in [-0.39, 0.29) is 5.41 Å². The number of pyridine rings is 1. The Bertz CT molecular complexity index is 442. The van der Waals surface area contributed by atoms with Gasteiger partial charge in [0.1, 0.15) is 5.75 Å². The zero-order valence-electron chi connectivity index (χ0n) is 12.0. The molecule has 19 heavy (non-hydrogen) atoms. The summed E-state index contributed by atoms with van der Waals surface area (Å²) in [6.07, 6.45) is 5.18. The number of aromatic nitrogens is 1. The predicted molar refractivity (Wildman–Crippen MR) is 80.2 cm³/mol. The molecule has 3 nitrogen and oxygen atoms in total. The van der Waals surface area contributed by atoms with Crippen LogP contribution in [0.3, 0.4) is 0 Å². The number of aryl methyl sites for hydroxylation is 1. The highest BCUT2D eigenvalue weighted by Gasteiger charge is 2.33. The van der Waals surface area contributed by atoms with E-state index in [4.69, 9.17) is 9.47 Å². The van der Waals surface area contributed by atoms with Crippen molar-refractivity contribution in [1.29, 1.82) is 0 Å². The summed E-state index contributed by atoms with van der Waals surface area (Å²) in [5.74, 6) is 0.964. The summed E-state index contributed by atoms with van der Waals surface area (Å²) in [7, 11) is 1.73. The van der Waals surface area contributed by atoms with Crippen LogP contribution >= 0.6 is 15.9 Å². The third kappa shape index (κ3) is 3.11. The van der Waals surface area contributed by atoms with Crippen LogP contribution in [0.1, 0.15) is 29.7 Å². The quantitative estimate of drug-likeness (QED) is 0.794. The van der Waals surface area contributed by atoms with Gasteiger partial charge in [0.05, 0.1) is 13.7 Å². The van der Waals surface area contributed by atoms with E-state index in [1.165, 1.54) is 6.42 Å². The smallest absolute Gasteiger partial charge is 0.128 e. The Morgan fingerprint density at radius 3 is 2.84 bits per heavy atom. The second-order valence-electron chi connectivity index (χ2n) is 5.51. The topological polar surface area (TPSA) is 31.4 Å². The normalized spacial score (nSPS) is 23.4. The molecule has 1 unspecified atom stereocenters. The maximum absolute atomic E-state index is 5.68. The fourth-order valence-electron chi connectivity index (χ4n) is 2.81. The number of methoxy groups -OCH3 is 1. The van der Waals surface area contributed by atoms with Crippen molar-refractivity contribution < 1.29 is 9.47 Å². The van der Waals surface area contributed by atoms with Crippen LogP contribution in [0.4, 0.5) is 0 Å². The third-order valence-electron chi connectivity index (χ3n) is 3.98. The van der Waals surface area contributed by atoms with Crippen molar-refractivity contribution in [2.45, 2.75) is 33.1 Å². The van der Waals surface area contributed by atoms with E-state index in [0.717, 1.165) is 54.0 Å². The highest BCUT2D eigenvalue weighted by molar-refractivity contribution is 9.09. The Balaban J connectivity index is 2.27. The van der Waals surface area contributed by atoms with Crippen LogP contribution in [0.15, 0.2) is 6.20 Å². The van der Waals surface area contributed by atoms with Crippen molar-refractivity contribution in [2.75, 3.05) is 25.7 Å². The van der Waals surface area contributed by atoms with Crippen molar-refractivity contribution in [1.82, 2.24) is 4.98 Å². The first-order valence-corrected chi connectivity index (χ1v) is 7.87. The van der Waals surface area contributed by atoms with E-state index in [0.29, 0.717) is 0 Å². The van der Waals surface area contributed by atoms with Crippen molar-refractivity contribution in [2.24, 2.45) is 5.41 Å². The van der Waals surface area contributed by atoms with E-state index >= 15 is 0 Å². The van der Waals surface area contributed by atoms with Gasteiger partial charge in [0.2, 0.25) is 0 Å². The molecule has 0 radical (unpaired) electrons. The standard InChI is InChI=1S/C15H22BrNO2/c1-11-8-17-13(12(2)14(11)18-3)7-15(9-16)5-4-6-19-10-15/h8H,4-7,9-10H2,1-3H3. The average molecular weight is 328 g/mol. The first kappa shape index (κ1) is 14.8. The van der Waals surface area contributed by atoms with Gasteiger partial charge < -0.3 is 9.47 Å². The van der Waals surface area contributed by atoms with Gasteiger partial charge in [-0.2, -0.15) is 0 Å². The molecule has 0 bridgehead atoms. The zero-order valence-corrected chi connectivity index (χ0v) is 13.5. The van der Waals surface area contributed by atoms with Gasteiger partial charge in [0.25, 0.3) is 0 Å². The zero-order chi connectivity index (χ0) is 13.9. The van der Waals surface area contributed by atoms with E-state index < -0.39 is 0 Å². The van der Waals surface area contributed by atoms with E-state index in [1.54, 1.807) is 7.11 Å². The van der Waals surface area contributed by atoms with Gasteiger partial charge in [0, 0.05) is 40.4 Å². The molecule has 1 atom stereocenters. The summed E-state index contributed by atoms with van der Waals surface area (Å²) in [6, 6.07) is 0. The molecule has 1 aliphatic heterocycles. The van der Waals surface area contributed by atoms with E-state index in [1.807, 2.05) is 13.1 Å². The molecule has 0 spiro atoms. The van der Waals surface area contributed by atoms with Gasteiger partial charge >= 0.3 is 0 Å². The molecule has 0 aromatic carbocycles. The molecule has 0 N–H and O–H groups in total. The maximum atomic E-state index is 5.68. The number of hydrogen-bond donors (Lipinski definition) is 0. The lowest BCUT2D eigenvalue weighted by atomic mass is 9.79. The molecule has 2 rings (SSSR count). The highest BCUT2D eigenvalue weighted by Crippen LogP contribution is 2.36. The number of ether oxygens (including phenoxy) is 2. The van der Waals surface area contributed by atoms with Gasteiger partial charge in [-0.1, -0.05) is 15.9 Å². The fraction of sp³-hybridized carbons (Fsp3) is 0.667. The number of nitrogens with zero attached hydrogens (tertiary/aromatic N) is 1. The Morgan fingerprint density at radius 1 is 1.47 bits per heavy atom. The van der Waals surface area contributed by atoms with Crippen LogP contribution in [-0.2, 0) is 11.2 Å². The van der Waals surface area contributed by atoms with Crippen molar-refractivity contribution in [3.8, 4) is 5.75 Å². The molecule has 0 aliphatic carbocycles. The van der Waals surface area contributed by atoms with Crippen LogP contribution in [-0.4, -0.2) is 30.6 Å². The number of rotatable bonds is 4. The summed E-state index contributed by atoms with van der Waals surface area (Å²) in [6.45, 7) is 5.83. The van der Waals surface area contributed by atoms with Crippen LogP contribution < -0.4 is 4.74 Å². The lowest BCUT2D eigenvalue weighted by Gasteiger charge is -2.35. The highest BCUT2D eigenvalue weighted by atomic mass is 79.9. The Kier molecular flexibility index (Phi) is 4.85. The van der Waals surface area contributed by atoms with Crippen molar-refractivity contribution >= 4 is 15.9 Å². The minimum atomic E-state index is 0.177. The third-order valence-corrected chi connectivity index (χ3v) is 5.17. The molecule has 1 aromatic heterocycles. The minimum absolute atomic E-state index is 0.177. The summed E-state index contributed by atoms with van der Waals surface area (Å²) >= 11 is 3.66. The van der Waals surface area contributed by atoms with Crippen LogP contribution in [0.25, 0.3) is 0 Å². The van der Waals surface area contributed by atoms with Crippen LogP contribution in [0.5, 0.6) is 5.75 Å². The van der Waals surface area contributed by atoms with E-state index in [9.17, 15) is 0 Å². The van der Waals surface area contributed by atoms with Crippen molar-refractivity contribution in [3.63, 3.8) is 0 Å². The molecule has 4 heteroatoms. The molecule has 106 valence electrons. The summed E-state index contributed by atoms with van der Waals surface area (Å²) < 4.78 is 11.2. The molecular formula is C15H22BrNO2. The van der Waals surface area contributed by atoms with Gasteiger partial charge in [-0.05, 0) is 33.1 Å². The van der Waals surface area contributed by atoms with Crippen LogP contribution in [0, 0.1) is 19.3 Å². The van der Waals surface area contributed by atoms with Gasteiger partial charge in [-0.15, -0.1) is 0 Å². The summed E-state index contributed by atoms with van der Waals surface area (Å²) in [5.41, 5.74) is 3.56. The second kappa shape index (κ2) is 6.23. The minimum Gasteiger partial charge on any atom is -0.496 e. The Labute approximate surface area is 123 Å². The van der Waals surface area contributed by atoms with Gasteiger partial charge in [-0.25, -0.2) is 0 Å². The molecule has 0 saturated carbocycles. The van der Waals surface area contributed by atoms with Gasteiger partial charge in [0.15, 0.2) is 0 Å². The average Bonchev–Trinajstić information content (AvgIpc) is 2.44. The molecule has 1 aliphatic rings. The molecule has 1 aromatic rings. The van der Waals surface area contributed by atoms with Crippen LogP contribution in [0.2, 0.25) is 0 Å². The number of alkyl halides is 1. The number of hydrogen-bond acceptors (Lipinski definition) is 3. The molecular weight excluding hydrogens is 306 g/mol. The fourth-order valence-corrected chi connectivity index (χ4v) is 3.45. The predicted octanol–water partition coefficient (Wildman–Crippen LogP) is 3.44. The second-order valence-corrected chi connectivity index (χ2v) is 6.07. The van der Waals surface area contributed by atoms with E-state index in [2.05, 4.69) is 27.8 Å². The summed E-state index contributed by atoms with van der Waals surface area (Å²) in [5, 5.41) is 0.956. The molecule has 1 fully saturated rings. The number of halogens is 1. The Morgan fingerprint density at radius 2 is 2.26 bits per heavy atom. The first-order valence-electron chi connectivity index (χ1n) is 6.75. The molecule has 0 amide bonds. The molecule has 2 heterocycles. The first-order chi connectivity index (χ1) is 9.12. The maximum Gasteiger partial charge on any atom is 0.128 e. The Hall–Kier alpha value is -0.610. The lowest BCUT2D eigenvalue weighted by Crippen LogP contribution is -2.36. The SMILES string of the molecule is COc1c(C)cnc(CC2(CBr)CCCOC2)c1C. The monoisotopic (exact) mass is 327 g/mol. The largest absolute Gasteiger partial charge is 0.496 e.